The van der Waals surface area contributed by atoms with E-state index in [1.54, 1.807) is 0 Å². The van der Waals surface area contributed by atoms with Crippen molar-refractivity contribution in [2.24, 2.45) is 5.92 Å². The lowest BCUT2D eigenvalue weighted by Crippen LogP contribution is -2.42. The van der Waals surface area contributed by atoms with Gasteiger partial charge in [0.15, 0.2) is 0 Å². The first-order valence-electron chi connectivity index (χ1n) is 5.30. The Balaban J connectivity index is 2.07. The minimum atomic E-state index is -1.02. The van der Waals surface area contributed by atoms with Crippen molar-refractivity contribution < 1.29 is 14.7 Å². The molecular weight excluding hydrogens is 224 g/mol. The number of carboxylic acids is 1. The summed E-state index contributed by atoms with van der Waals surface area (Å²) in [4.78, 5) is 35.8. The molecule has 2 rings (SSSR count). The fraction of sp³-hybridized carbons (Fsp3) is 0.364. The highest BCUT2D eigenvalue weighted by atomic mass is 16.4. The number of nitrogens with one attached hydrogen (secondary N) is 2. The molecule has 1 aromatic rings. The summed E-state index contributed by atoms with van der Waals surface area (Å²) in [5.41, 5.74) is -0.0602. The molecule has 6 nitrogen and oxygen atoms in total. The molecule has 1 saturated carbocycles. The monoisotopic (exact) mass is 236 g/mol. The van der Waals surface area contributed by atoms with Crippen LogP contribution >= 0.6 is 0 Å². The van der Waals surface area contributed by atoms with Gasteiger partial charge in [0.2, 0.25) is 5.56 Å². The van der Waals surface area contributed by atoms with Crippen LogP contribution in [0.1, 0.15) is 23.2 Å². The molecule has 0 saturated heterocycles. The number of aromatic nitrogens is 1. The molecular formula is C11H12N2O4. The third-order valence-electron chi connectivity index (χ3n) is 2.69. The van der Waals surface area contributed by atoms with Crippen molar-refractivity contribution in [3.63, 3.8) is 0 Å². The zero-order chi connectivity index (χ0) is 12.4. The van der Waals surface area contributed by atoms with Gasteiger partial charge in [-0.2, -0.15) is 0 Å². The molecule has 90 valence electrons. The average Bonchev–Trinajstić information content (AvgIpc) is 3.10. The van der Waals surface area contributed by atoms with Gasteiger partial charge < -0.3 is 15.4 Å². The van der Waals surface area contributed by atoms with Gasteiger partial charge in [-0.15, -0.1) is 0 Å². The quantitative estimate of drug-likeness (QED) is 0.683. The van der Waals surface area contributed by atoms with Crippen molar-refractivity contribution in [3.8, 4) is 0 Å². The Bertz CT molecular complexity index is 484. The van der Waals surface area contributed by atoms with E-state index in [2.05, 4.69) is 10.3 Å². The highest BCUT2D eigenvalue weighted by molar-refractivity contribution is 5.96. The number of carbonyl (C=O) groups is 2. The Morgan fingerprint density at radius 1 is 1.41 bits per heavy atom. The van der Waals surface area contributed by atoms with E-state index in [-0.39, 0.29) is 17.0 Å². The number of pyridine rings is 1. The number of H-pyrrole nitrogens is 1. The van der Waals surface area contributed by atoms with Gasteiger partial charge in [-0.1, -0.05) is 0 Å². The lowest BCUT2D eigenvalue weighted by molar-refractivity contribution is -0.139. The van der Waals surface area contributed by atoms with Gasteiger partial charge in [0.05, 0.1) is 5.56 Å². The summed E-state index contributed by atoms with van der Waals surface area (Å²) in [6.07, 6.45) is 2.91. The fourth-order valence-corrected chi connectivity index (χ4v) is 1.59. The summed E-state index contributed by atoms with van der Waals surface area (Å²) in [6.45, 7) is 0. The predicted molar refractivity (Wildman–Crippen MR) is 58.7 cm³/mol. The van der Waals surface area contributed by atoms with Crippen molar-refractivity contribution in [1.29, 1.82) is 0 Å². The molecule has 0 bridgehead atoms. The van der Waals surface area contributed by atoms with Crippen molar-refractivity contribution in [2.75, 3.05) is 0 Å². The van der Waals surface area contributed by atoms with E-state index in [1.165, 1.54) is 18.3 Å². The van der Waals surface area contributed by atoms with E-state index in [0.717, 1.165) is 12.8 Å². The molecule has 1 heterocycles. The number of carbonyl (C=O) groups excluding carboxylic acids is 1. The standard InChI is InChI=1S/C11H12N2O4/c14-8-4-3-7(5-12-8)10(15)13-9(11(16)17)6-1-2-6/h3-6,9H,1-2H2,(H,12,14)(H,13,15)(H,16,17). The van der Waals surface area contributed by atoms with E-state index in [9.17, 15) is 14.4 Å². The number of carboxylic acid groups (broad SMARTS) is 1. The van der Waals surface area contributed by atoms with Crippen LogP contribution in [0.4, 0.5) is 0 Å². The largest absolute Gasteiger partial charge is 0.480 e. The summed E-state index contributed by atoms with van der Waals surface area (Å²) < 4.78 is 0. The lowest BCUT2D eigenvalue weighted by Gasteiger charge is -2.13. The van der Waals surface area contributed by atoms with E-state index in [0.29, 0.717) is 0 Å². The molecule has 1 aliphatic rings. The van der Waals surface area contributed by atoms with E-state index in [4.69, 9.17) is 5.11 Å². The second-order valence-electron chi connectivity index (χ2n) is 4.07. The summed E-state index contributed by atoms with van der Waals surface area (Å²) >= 11 is 0. The highest BCUT2D eigenvalue weighted by Crippen LogP contribution is 2.32. The Hall–Kier alpha value is -2.11. The second kappa shape index (κ2) is 4.40. The molecule has 0 aromatic carbocycles. The molecule has 6 heteroatoms. The van der Waals surface area contributed by atoms with Crippen LogP contribution in [-0.2, 0) is 4.79 Å². The molecule has 1 aromatic heterocycles. The predicted octanol–water partition coefficient (Wildman–Crippen LogP) is -0.0321. The van der Waals surface area contributed by atoms with Gasteiger partial charge in [0.25, 0.3) is 5.91 Å². The molecule has 1 fully saturated rings. The van der Waals surface area contributed by atoms with Crippen molar-refractivity contribution in [3.05, 3.63) is 34.2 Å². The molecule has 3 N–H and O–H groups in total. The Morgan fingerprint density at radius 2 is 2.12 bits per heavy atom. The maximum Gasteiger partial charge on any atom is 0.326 e. The zero-order valence-electron chi connectivity index (χ0n) is 8.97. The number of amides is 1. The summed E-state index contributed by atoms with van der Waals surface area (Å²) in [6, 6.07) is 1.75. The molecule has 1 aliphatic carbocycles. The van der Waals surface area contributed by atoms with Crippen LogP contribution in [0.15, 0.2) is 23.1 Å². The van der Waals surface area contributed by atoms with Gasteiger partial charge in [-0.3, -0.25) is 9.59 Å². The molecule has 1 unspecified atom stereocenters. The molecule has 1 atom stereocenters. The molecule has 0 radical (unpaired) electrons. The molecule has 0 spiro atoms. The minimum Gasteiger partial charge on any atom is -0.480 e. The number of hydrogen-bond acceptors (Lipinski definition) is 3. The van der Waals surface area contributed by atoms with E-state index < -0.39 is 17.9 Å². The van der Waals surface area contributed by atoms with Crippen LogP contribution in [0, 0.1) is 5.92 Å². The third kappa shape index (κ3) is 2.72. The third-order valence-corrected chi connectivity index (χ3v) is 2.69. The SMILES string of the molecule is O=C(NC(C(=O)O)C1CC1)c1ccc(=O)[nH]c1. The van der Waals surface area contributed by atoms with Gasteiger partial charge in [-0.25, -0.2) is 4.79 Å². The maximum absolute atomic E-state index is 11.7. The van der Waals surface area contributed by atoms with Gasteiger partial charge in [0.1, 0.15) is 6.04 Å². The summed E-state index contributed by atoms with van der Waals surface area (Å²) in [5.74, 6) is -1.48. The van der Waals surface area contributed by atoms with Gasteiger partial charge >= 0.3 is 5.97 Å². The summed E-state index contributed by atoms with van der Waals surface area (Å²) in [5, 5.41) is 11.4. The Kier molecular flexibility index (Phi) is 2.95. The van der Waals surface area contributed by atoms with Crippen LogP contribution in [0.2, 0.25) is 0 Å². The first-order chi connectivity index (χ1) is 8.08. The zero-order valence-corrected chi connectivity index (χ0v) is 8.97. The second-order valence-corrected chi connectivity index (χ2v) is 4.07. The maximum atomic E-state index is 11.7. The average molecular weight is 236 g/mol. The first-order valence-corrected chi connectivity index (χ1v) is 5.30. The summed E-state index contributed by atoms with van der Waals surface area (Å²) in [7, 11) is 0. The van der Waals surface area contributed by atoms with Crippen LogP contribution in [0.25, 0.3) is 0 Å². The lowest BCUT2D eigenvalue weighted by atomic mass is 10.1. The van der Waals surface area contributed by atoms with Crippen molar-refractivity contribution in [2.45, 2.75) is 18.9 Å². The van der Waals surface area contributed by atoms with Crippen molar-refractivity contribution in [1.82, 2.24) is 10.3 Å². The Morgan fingerprint density at radius 3 is 2.59 bits per heavy atom. The topological polar surface area (TPSA) is 99.3 Å². The van der Waals surface area contributed by atoms with Crippen molar-refractivity contribution >= 4 is 11.9 Å². The molecule has 17 heavy (non-hydrogen) atoms. The molecule has 1 amide bonds. The van der Waals surface area contributed by atoms with E-state index >= 15 is 0 Å². The number of hydrogen-bond donors (Lipinski definition) is 3. The van der Waals surface area contributed by atoms with Crippen LogP contribution in [0.5, 0.6) is 0 Å². The minimum absolute atomic E-state index is 0.0270. The van der Waals surface area contributed by atoms with Crippen LogP contribution in [0.3, 0.4) is 0 Å². The van der Waals surface area contributed by atoms with Gasteiger partial charge in [-0.05, 0) is 24.8 Å². The normalized spacial score (nSPS) is 16.2. The van der Waals surface area contributed by atoms with E-state index in [1.807, 2.05) is 0 Å². The smallest absolute Gasteiger partial charge is 0.326 e. The Labute approximate surface area is 96.7 Å². The van der Waals surface area contributed by atoms with Crippen LogP contribution in [-0.4, -0.2) is 28.0 Å². The number of aromatic amines is 1. The fourth-order valence-electron chi connectivity index (χ4n) is 1.59. The first kappa shape index (κ1) is 11.4. The highest BCUT2D eigenvalue weighted by Gasteiger charge is 2.37. The number of aliphatic carboxylic acids is 1. The van der Waals surface area contributed by atoms with Crippen LogP contribution < -0.4 is 10.9 Å². The number of rotatable bonds is 4. The molecule has 0 aliphatic heterocycles. The van der Waals surface area contributed by atoms with Gasteiger partial charge in [0, 0.05) is 12.3 Å².